The van der Waals surface area contributed by atoms with Gasteiger partial charge in [-0.05, 0) is 74.1 Å². The Hall–Kier alpha value is -3.75. The van der Waals surface area contributed by atoms with Gasteiger partial charge in [0.15, 0.2) is 0 Å². The van der Waals surface area contributed by atoms with Gasteiger partial charge in [0.25, 0.3) is 0 Å². The third kappa shape index (κ3) is 6.64. The van der Waals surface area contributed by atoms with Gasteiger partial charge in [-0.25, -0.2) is 18.0 Å². The molecule has 4 rings (SSSR count). The van der Waals surface area contributed by atoms with E-state index in [4.69, 9.17) is 9.15 Å². The van der Waals surface area contributed by atoms with Crippen molar-refractivity contribution in [2.45, 2.75) is 58.4 Å². The van der Waals surface area contributed by atoms with Gasteiger partial charge >= 0.3 is 11.6 Å². The fraction of sp³-hybridized carbons (Fsp3) is 0.290. The summed E-state index contributed by atoms with van der Waals surface area (Å²) >= 11 is 0. The Morgan fingerprint density at radius 2 is 1.62 bits per heavy atom. The summed E-state index contributed by atoms with van der Waals surface area (Å²) in [4.78, 5) is 26.4. The van der Waals surface area contributed by atoms with Crippen LogP contribution in [0.2, 0.25) is 0 Å². The second-order valence-corrected chi connectivity index (χ2v) is 12.0. The van der Waals surface area contributed by atoms with Crippen LogP contribution in [0.3, 0.4) is 0 Å². The van der Waals surface area contributed by atoms with E-state index in [1.54, 1.807) is 38.1 Å². The number of esters is 1. The third-order valence-electron chi connectivity index (χ3n) is 6.54. The van der Waals surface area contributed by atoms with Gasteiger partial charge in [-0.2, -0.15) is 4.72 Å². The molecule has 0 amide bonds. The highest BCUT2D eigenvalue weighted by molar-refractivity contribution is 7.89. The fourth-order valence-corrected chi connectivity index (χ4v) is 5.74. The molecule has 1 heterocycles. The standard InChI is InChI=1S/C31H33NO6S/c1-19(2)15-26(32-39(35,36)24-13-11-20(3)12-14-24)31(34)38-28-17-21(4)16-27-29(28)22(5)25(30(33)37-27)18-23-9-7-6-8-10-23/h6-14,16-17,19,26,32H,15,18H2,1-5H3/t26-/m1/s1. The topological polar surface area (TPSA) is 103 Å². The quantitative estimate of drug-likeness (QED) is 0.166. The van der Waals surface area contributed by atoms with Crippen LogP contribution < -0.4 is 15.1 Å². The molecule has 3 aromatic carbocycles. The van der Waals surface area contributed by atoms with Crippen molar-refractivity contribution >= 4 is 27.0 Å². The van der Waals surface area contributed by atoms with Gasteiger partial charge in [-0.1, -0.05) is 61.9 Å². The van der Waals surface area contributed by atoms with Crippen molar-refractivity contribution in [2.75, 3.05) is 0 Å². The second kappa shape index (κ2) is 11.6. The zero-order valence-electron chi connectivity index (χ0n) is 22.8. The Morgan fingerprint density at radius 3 is 2.26 bits per heavy atom. The van der Waals surface area contributed by atoms with E-state index in [0.717, 1.165) is 16.7 Å². The Labute approximate surface area is 228 Å². The molecule has 0 spiro atoms. The molecular formula is C31H33NO6S. The van der Waals surface area contributed by atoms with Gasteiger partial charge in [0.05, 0.1) is 10.3 Å². The van der Waals surface area contributed by atoms with Crippen LogP contribution in [0, 0.1) is 26.7 Å². The Morgan fingerprint density at radius 1 is 0.949 bits per heavy atom. The van der Waals surface area contributed by atoms with E-state index in [9.17, 15) is 18.0 Å². The van der Waals surface area contributed by atoms with E-state index in [2.05, 4.69) is 4.72 Å². The number of benzene rings is 3. The smallest absolute Gasteiger partial charge is 0.340 e. The van der Waals surface area contributed by atoms with Crippen LogP contribution in [0.25, 0.3) is 11.0 Å². The molecule has 0 aliphatic heterocycles. The average Bonchev–Trinajstić information content (AvgIpc) is 2.86. The minimum Gasteiger partial charge on any atom is -0.425 e. The summed E-state index contributed by atoms with van der Waals surface area (Å²) in [7, 11) is -3.98. The molecule has 0 saturated heterocycles. The van der Waals surface area contributed by atoms with Gasteiger partial charge in [0.1, 0.15) is 17.4 Å². The van der Waals surface area contributed by atoms with Crippen molar-refractivity contribution in [2.24, 2.45) is 5.92 Å². The molecule has 8 heteroatoms. The molecule has 0 saturated carbocycles. The Balaban J connectivity index is 1.71. The number of rotatable bonds is 9. The molecule has 204 valence electrons. The molecule has 1 N–H and O–H groups in total. The van der Waals surface area contributed by atoms with Crippen molar-refractivity contribution in [3.63, 3.8) is 0 Å². The zero-order valence-corrected chi connectivity index (χ0v) is 23.6. The first-order valence-electron chi connectivity index (χ1n) is 12.9. The summed E-state index contributed by atoms with van der Waals surface area (Å²) in [5, 5.41) is 0.504. The van der Waals surface area contributed by atoms with E-state index >= 15 is 0 Å². The molecule has 0 aliphatic rings. The number of sulfonamides is 1. The lowest BCUT2D eigenvalue weighted by molar-refractivity contribution is -0.136. The number of ether oxygens (including phenoxy) is 1. The predicted molar refractivity (Wildman–Crippen MR) is 152 cm³/mol. The van der Waals surface area contributed by atoms with E-state index in [1.165, 1.54) is 12.1 Å². The molecule has 4 aromatic rings. The summed E-state index contributed by atoms with van der Waals surface area (Å²) in [6.07, 6.45) is 0.597. The lowest BCUT2D eigenvalue weighted by Gasteiger charge is -2.20. The summed E-state index contributed by atoms with van der Waals surface area (Å²) < 4.78 is 40.3. The van der Waals surface area contributed by atoms with Crippen LogP contribution in [-0.4, -0.2) is 20.4 Å². The number of carbonyl (C=O) groups excluding carboxylic acids is 1. The van der Waals surface area contributed by atoms with Gasteiger partial charge in [-0.3, -0.25) is 0 Å². The van der Waals surface area contributed by atoms with Crippen molar-refractivity contribution in [3.05, 3.63) is 105 Å². The molecule has 1 aromatic heterocycles. The molecular weight excluding hydrogens is 514 g/mol. The van der Waals surface area contributed by atoms with E-state index in [1.807, 2.05) is 51.1 Å². The van der Waals surface area contributed by atoms with E-state index < -0.39 is 27.7 Å². The van der Waals surface area contributed by atoms with Gasteiger partial charge in [0, 0.05) is 12.0 Å². The number of hydrogen-bond acceptors (Lipinski definition) is 6. The van der Waals surface area contributed by atoms with Gasteiger partial charge < -0.3 is 9.15 Å². The van der Waals surface area contributed by atoms with Crippen LogP contribution in [0.4, 0.5) is 0 Å². The first kappa shape index (κ1) is 28.3. The number of aryl methyl sites for hydroxylation is 3. The summed E-state index contributed by atoms with van der Waals surface area (Å²) in [5.74, 6) is -0.509. The van der Waals surface area contributed by atoms with Crippen LogP contribution in [0.15, 0.2) is 80.8 Å². The molecule has 1 atom stereocenters. The van der Waals surface area contributed by atoms with Crippen LogP contribution in [-0.2, 0) is 21.2 Å². The maximum atomic E-state index is 13.5. The number of hydrogen-bond donors (Lipinski definition) is 1. The largest absolute Gasteiger partial charge is 0.425 e. The molecule has 0 fully saturated rings. The summed E-state index contributed by atoms with van der Waals surface area (Å²) in [5.41, 5.74) is 3.56. The van der Waals surface area contributed by atoms with Crippen LogP contribution in [0.1, 0.15) is 48.1 Å². The van der Waals surface area contributed by atoms with Gasteiger partial charge in [-0.15, -0.1) is 0 Å². The molecule has 7 nitrogen and oxygen atoms in total. The lowest BCUT2D eigenvalue weighted by atomic mass is 9.98. The lowest BCUT2D eigenvalue weighted by Crippen LogP contribution is -2.43. The first-order chi connectivity index (χ1) is 18.4. The van der Waals surface area contributed by atoms with Crippen molar-refractivity contribution in [1.82, 2.24) is 4.72 Å². The van der Waals surface area contributed by atoms with Crippen molar-refractivity contribution in [1.29, 1.82) is 0 Å². The molecule has 0 radical (unpaired) electrons. The maximum Gasteiger partial charge on any atom is 0.340 e. The average molecular weight is 548 g/mol. The number of nitrogens with one attached hydrogen (secondary N) is 1. The maximum absolute atomic E-state index is 13.5. The second-order valence-electron chi connectivity index (χ2n) is 10.3. The highest BCUT2D eigenvalue weighted by Gasteiger charge is 2.29. The predicted octanol–water partition coefficient (Wildman–Crippen LogP) is 5.61. The normalized spacial score (nSPS) is 12.6. The number of carbonyl (C=O) groups is 1. The third-order valence-corrected chi connectivity index (χ3v) is 8.03. The summed E-state index contributed by atoms with van der Waals surface area (Å²) in [6, 6.07) is 18.3. The number of fused-ring (bicyclic) bond motifs is 1. The summed E-state index contributed by atoms with van der Waals surface area (Å²) in [6.45, 7) is 9.27. The SMILES string of the molecule is Cc1ccc(S(=O)(=O)N[C@H](CC(C)C)C(=O)Oc2cc(C)cc3oc(=O)c(Cc4ccccc4)c(C)c23)cc1. The van der Waals surface area contributed by atoms with E-state index in [0.29, 0.717) is 28.5 Å². The molecule has 0 bridgehead atoms. The van der Waals surface area contributed by atoms with Gasteiger partial charge in [0.2, 0.25) is 10.0 Å². The highest BCUT2D eigenvalue weighted by atomic mass is 32.2. The molecule has 0 aliphatic carbocycles. The fourth-order valence-electron chi connectivity index (χ4n) is 4.54. The zero-order chi connectivity index (χ0) is 28.3. The highest BCUT2D eigenvalue weighted by Crippen LogP contribution is 2.32. The van der Waals surface area contributed by atoms with E-state index in [-0.39, 0.29) is 23.0 Å². The van der Waals surface area contributed by atoms with Crippen LogP contribution in [0.5, 0.6) is 5.75 Å². The molecule has 0 unspecified atom stereocenters. The first-order valence-corrected chi connectivity index (χ1v) is 14.3. The minimum absolute atomic E-state index is 0.00903. The van der Waals surface area contributed by atoms with Crippen molar-refractivity contribution in [3.8, 4) is 5.75 Å². The van der Waals surface area contributed by atoms with Crippen LogP contribution >= 0.6 is 0 Å². The monoisotopic (exact) mass is 547 g/mol. The van der Waals surface area contributed by atoms with Crippen molar-refractivity contribution < 1.29 is 22.4 Å². The Kier molecular flexibility index (Phi) is 8.37. The minimum atomic E-state index is -3.98. The Bertz CT molecular complexity index is 1660. The molecule has 39 heavy (non-hydrogen) atoms.